The minimum atomic E-state index is -0.696. The van der Waals surface area contributed by atoms with Crippen LogP contribution in [0.3, 0.4) is 0 Å². The number of hydrogen-bond acceptors (Lipinski definition) is 4. The van der Waals surface area contributed by atoms with Crippen molar-refractivity contribution in [2.24, 2.45) is 0 Å². The maximum atomic E-state index is 12.5. The van der Waals surface area contributed by atoms with Gasteiger partial charge in [0, 0.05) is 11.3 Å². The predicted molar refractivity (Wildman–Crippen MR) is 98.8 cm³/mol. The zero-order valence-corrected chi connectivity index (χ0v) is 14.9. The zero-order valence-electron chi connectivity index (χ0n) is 14.9. The molecule has 0 bridgehead atoms. The second kappa shape index (κ2) is 7.00. The smallest absolute Gasteiger partial charge is 0.268 e. The Morgan fingerprint density at radius 1 is 1.27 bits per heavy atom. The summed E-state index contributed by atoms with van der Waals surface area (Å²) in [7, 11) is 0. The molecule has 0 aromatic heterocycles. The second-order valence-electron chi connectivity index (χ2n) is 6.33. The molecular weight excluding hydrogens is 332 g/mol. The fraction of sp³-hybridized carbons (Fsp3) is 0.250. The van der Waals surface area contributed by atoms with E-state index in [0.717, 1.165) is 11.1 Å². The van der Waals surface area contributed by atoms with Crippen molar-refractivity contribution in [2.45, 2.75) is 26.9 Å². The van der Waals surface area contributed by atoms with Crippen LogP contribution >= 0.6 is 0 Å². The number of fused-ring (bicyclic) bond motifs is 1. The highest BCUT2D eigenvalue weighted by molar-refractivity contribution is 6.06. The quantitative estimate of drug-likeness (QED) is 0.859. The predicted octanol–water partition coefficient (Wildman–Crippen LogP) is 2.87. The standard InChI is InChI=1S/C20H20N2O4/c1-12-5-4-6-16(13(12)2)21-19(24)10-22-17-9-15(11-23)7-8-18(17)26-14(3)20(22)25/h4-9,11,14H,10H2,1-3H3,(H,21,24). The van der Waals surface area contributed by atoms with Gasteiger partial charge in [-0.15, -0.1) is 0 Å². The highest BCUT2D eigenvalue weighted by atomic mass is 16.5. The summed E-state index contributed by atoms with van der Waals surface area (Å²) < 4.78 is 5.57. The van der Waals surface area contributed by atoms with Gasteiger partial charge in [-0.05, 0) is 56.2 Å². The van der Waals surface area contributed by atoms with E-state index in [-0.39, 0.29) is 18.4 Å². The molecule has 2 amide bonds. The molecule has 0 radical (unpaired) electrons. The number of carbonyl (C=O) groups excluding carboxylic acids is 3. The topological polar surface area (TPSA) is 75.7 Å². The minimum Gasteiger partial charge on any atom is -0.479 e. The summed E-state index contributed by atoms with van der Waals surface area (Å²) in [6.45, 7) is 5.37. The van der Waals surface area contributed by atoms with Gasteiger partial charge in [-0.1, -0.05) is 12.1 Å². The van der Waals surface area contributed by atoms with Crippen LogP contribution in [0.5, 0.6) is 5.75 Å². The van der Waals surface area contributed by atoms with E-state index in [2.05, 4.69) is 5.32 Å². The first kappa shape index (κ1) is 17.7. The summed E-state index contributed by atoms with van der Waals surface area (Å²) in [5.74, 6) is -0.164. The zero-order chi connectivity index (χ0) is 18.8. The van der Waals surface area contributed by atoms with E-state index in [0.29, 0.717) is 29.0 Å². The van der Waals surface area contributed by atoms with Crippen LogP contribution in [0, 0.1) is 13.8 Å². The third kappa shape index (κ3) is 3.31. The number of ether oxygens (including phenoxy) is 1. The first-order chi connectivity index (χ1) is 12.4. The van der Waals surface area contributed by atoms with Gasteiger partial charge in [-0.2, -0.15) is 0 Å². The lowest BCUT2D eigenvalue weighted by atomic mass is 10.1. The SMILES string of the molecule is Cc1cccc(NC(=O)CN2C(=O)C(C)Oc3ccc(C=O)cc32)c1C. The molecule has 1 N–H and O–H groups in total. The molecule has 134 valence electrons. The Labute approximate surface area is 151 Å². The minimum absolute atomic E-state index is 0.158. The fourth-order valence-corrected chi connectivity index (χ4v) is 2.88. The molecule has 2 aromatic carbocycles. The van der Waals surface area contributed by atoms with E-state index in [9.17, 15) is 14.4 Å². The Morgan fingerprint density at radius 2 is 2.04 bits per heavy atom. The largest absolute Gasteiger partial charge is 0.479 e. The maximum absolute atomic E-state index is 12.5. The van der Waals surface area contributed by atoms with E-state index in [1.807, 2.05) is 32.0 Å². The molecular formula is C20H20N2O4. The van der Waals surface area contributed by atoms with Crippen LogP contribution in [0.2, 0.25) is 0 Å². The van der Waals surface area contributed by atoms with Gasteiger partial charge in [-0.3, -0.25) is 19.3 Å². The average molecular weight is 352 g/mol. The molecule has 0 saturated heterocycles. The molecule has 2 aromatic rings. The van der Waals surface area contributed by atoms with Crippen molar-refractivity contribution < 1.29 is 19.1 Å². The molecule has 1 atom stereocenters. The van der Waals surface area contributed by atoms with Crippen molar-refractivity contribution in [3.63, 3.8) is 0 Å². The van der Waals surface area contributed by atoms with Crippen LogP contribution in [0.4, 0.5) is 11.4 Å². The van der Waals surface area contributed by atoms with Gasteiger partial charge >= 0.3 is 0 Å². The van der Waals surface area contributed by atoms with E-state index in [4.69, 9.17) is 4.74 Å². The molecule has 26 heavy (non-hydrogen) atoms. The van der Waals surface area contributed by atoms with Crippen LogP contribution in [-0.4, -0.2) is 30.7 Å². The van der Waals surface area contributed by atoms with Crippen molar-refractivity contribution in [2.75, 3.05) is 16.8 Å². The molecule has 3 rings (SSSR count). The van der Waals surface area contributed by atoms with Crippen molar-refractivity contribution >= 4 is 29.5 Å². The van der Waals surface area contributed by atoms with Crippen LogP contribution in [0.25, 0.3) is 0 Å². The van der Waals surface area contributed by atoms with Crippen LogP contribution in [-0.2, 0) is 9.59 Å². The van der Waals surface area contributed by atoms with Crippen molar-refractivity contribution in [3.8, 4) is 5.75 Å². The van der Waals surface area contributed by atoms with Crippen LogP contribution in [0.1, 0.15) is 28.4 Å². The fourth-order valence-electron chi connectivity index (χ4n) is 2.88. The first-order valence-corrected chi connectivity index (χ1v) is 8.34. The molecule has 1 aliphatic rings. The first-order valence-electron chi connectivity index (χ1n) is 8.34. The Balaban J connectivity index is 1.86. The van der Waals surface area contributed by atoms with Gasteiger partial charge in [0.1, 0.15) is 18.6 Å². The van der Waals surface area contributed by atoms with Crippen molar-refractivity contribution in [1.82, 2.24) is 0 Å². The second-order valence-corrected chi connectivity index (χ2v) is 6.33. The summed E-state index contributed by atoms with van der Waals surface area (Å²) in [5.41, 5.74) is 3.60. The lowest BCUT2D eigenvalue weighted by Crippen LogP contribution is -2.47. The Bertz CT molecular complexity index is 891. The third-order valence-electron chi connectivity index (χ3n) is 4.51. The summed E-state index contributed by atoms with van der Waals surface area (Å²) >= 11 is 0. The maximum Gasteiger partial charge on any atom is 0.268 e. The van der Waals surface area contributed by atoms with E-state index < -0.39 is 6.10 Å². The number of hydrogen-bond donors (Lipinski definition) is 1. The molecule has 0 aliphatic carbocycles. The molecule has 6 heteroatoms. The summed E-state index contributed by atoms with van der Waals surface area (Å²) in [4.78, 5) is 37.5. The lowest BCUT2D eigenvalue weighted by Gasteiger charge is -2.32. The molecule has 1 unspecified atom stereocenters. The normalized spacial score (nSPS) is 15.9. The monoisotopic (exact) mass is 352 g/mol. The molecule has 0 saturated carbocycles. The molecule has 1 aliphatic heterocycles. The van der Waals surface area contributed by atoms with E-state index in [1.54, 1.807) is 25.1 Å². The number of aldehydes is 1. The van der Waals surface area contributed by atoms with E-state index >= 15 is 0 Å². The molecule has 0 fully saturated rings. The van der Waals surface area contributed by atoms with Gasteiger partial charge in [0.25, 0.3) is 5.91 Å². The van der Waals surface area contributed by atoms with Crippen molar-refractivity contribution in [3.05, 3.63) is 53.1 Å². The highest BCUT2D eigenvalue weighted by Crippen LogP contribution is 2.34. The summed E-state index contributed by atoms with van der Waals surface area (Å²) in [6.07, 6.45) is -0.00460. The van der Waals surface area contributed by atoms with Crippen LogP contribution < -0.4 is 15.0 Å². The van der Waals surface area contributed by atoms with E-state index in [1.165, 1.54) is 4.90 Å². The third-order valence-corrected chi connectivity index (χ3v) is 4.51. The number of benzene rings is 2. The van der Waals surface area contributed by atoms with Gasteiger partial charge in [-0.25, -0.2) is 0 Å². The molecule has 6 nitrogen and oxygen atoms in total. The Kier molecular flexibility index (Phi) is 4.75. The summed E-state index contributed by atoms with van der Waals surface area (Å²) in [5, 5.41) is 2.85. The van der Waals surface area contributed by atoms with Crippen molar-refractivity contribution in [1.29, 1.82) is 0 Å². The number of anilines is 2. The number of rotatable bonds is 4. The number of amides is 2. The van der Waals surface area contributed by atoms with Gasteiger partial charge in [0.15, 0.2) is 6.10 Å². The molecule has 1 heterocycles. The lowest BCUT2D eigenvalue weighted by molar-refractivity contribution is -0.127. The number of aryl methyl sites for hydroxylation is 1. The number of nitrogens with one attached hydrogen (secondary N) is 1. The van der Waals surface area contributed by atoms with Crippen LogP contribution in [0.15, 0.2) is 36.4 Å². The van der Waals surface area contributed by atoms with Gasteiger partial charge < -0.3 is 10.1 Å². The Morgan fingerprint density at radius 3 is 2.77 bits per heavy atom. The summed E-state index contributed by atoms with van der Waals surface area (Å²) in [6, 6.07) is 10.5. The molecule has 0 spiro atoms. The number of nitrogens with zero attached hydrogens (tertiary/aromatic N) is 1. The average Bonchev–Trinajstić information content (AvgIpc) is 2.62. The van der Waals surface area contributed by atoms with Gasteiger partial charge in [0.2, 0.25) is 5.91 Å². The Hall–Kier alpha value is -3.15. The van der Waals surface area contributed by atoms with Gasteiger partial charge in [0.05, 0.1) is 5.69 Å². The number of carbonyl (C=O) groups is 3. The highest BCUT2D eigenvalue weighted by Gasteiger charge is 2.33.